The van der Waals surface area contributed by atoms with Crippen LogP contribution in [0, 0.1) is 35.0 Å². The smallest absolute Gasteiger partial charge is 0.232 e. The van der Waals surface area contributed by atoms with Crippen molar-refractivity contribution in [2.75, 3.05) is 0 Å². The molecule has 3 N–H and O–H groups in total. The van der Waals surface area contributed by atoms with E-state index in [0.717, 1.165) is 12.0 Å². The van der Waals surface area contributed by atoms with E-state index in [-0.39, 0.29) is 46.8 Å². The van der Waals surface area contributed by atoms with Crippen molar-refractivity contribution in [3.63, 3.8) is 0 Å². The number of imide groups is 1. The number of nitrogens with one attached hydrogen (secondary N) is 1. The summed E-state index contributed by atoms with van der Waals surface area (Å²) in [5.41, 5.74) is 0.721. The van der Waals surface area contributed by atoms with Gasteiger partial charge in [0.2, 0.25) is 11.8 Å². The van der Waals surface area contributed by atoms with Crippen molar-refractivity contribution in [2.24, 2.45) is 35.0 Å². The van der Waals surface area contributed by atoms with Crippen molar-refractivity contribution in [2.45, 2.75) is 64.0 Å². The van der Waals surface area contributed by atoms with Crippen LogP contribution in [0.15, 0.2) is 12.2 Å². The predicted octanol–water partition coefficient (Wildman–Crippen LogP) is 2.24. The van der Waals surface area contributed by atoms with Crippen LogP contribution in [0.3, 0.4) is 0 Å². The molecule has 0 aromatic heterocycles. The number of alkyl halides is 1. The Balaban J connectivity index is 1.86. The van der Waals surface area contributed by atoms with Crippen LogP contribution in [-0.4, -0.2) is 39.6 Å². The quantitative estimate of drug-likeness (QED) is 0.396. The Kier molecular flexibility index (Phi) is 5.28. The normalized spacial score (nSPS) is 43.8. The number of fused-ring (bicyclic) bond motifs is 1. The maximum atomic E-state index is 11.9. The van der Waals surface area contributed by atoms with E-state index >= 15 is 0 Å². The summed E-state index contributed by atoms with van der Waals surface area (Å²) in [5, 5.41) is 23.6. The molecule has 0 bridgehead atoms. The molecule has 2 aliphatic carbocycles. The molecule has 0 spiro atoms. The van der Waals surface area contributed by atoms with Gasteiger partial charge in [-0.15, -0.1) is 11.6 Å². The van der Waals surface area contributed by atoms with E-state index in [9.17, 15) is 19.8 Å². The highest BCUT2D eigenvalue weighted by Gasteiger charge is 2.54. The van der Waals surface area contributed by atoms with Gasteiger partial charge in [-0.1, -0.05) is 27.4 Å². The highest BCUT2D eigenvalue weighted by Crippen LogP contribution is 2.57. The van der Waals surface area contributed by atoms with Gasteiger partial charge < -0.3 is 10.2 Å². The minimum absolute atomic E-state index is 0.00479. The lowest BCUT2D eigenvalue weighted by atomic mass is 9.50. The first kappa shape index (κ1) is 19.8. The van der Waals surface area contributed by atoms with E-state index in [1.165, 1.54) is 0 Å². The van der Waals surface area contributed by atoms with Gasteiger partial charge in [0.15, 0.2) is 0 Å². The number of amides is 2. The molecule has 0 aromatic rings. The van der Waals surface area contributed by atoms with Crippen molar-refractivity contribution < 1.29 is 19.8 Å². The molecule has 1 aliphatic heterocycles. The maximum Gasteiger partial charge on any atom is 0.232 e. The molecule has 7 unspecified atom stereocenters. The number of carbonyl (C=O) groups is 2. The van der Waals surface area contributed by atoms with Crippen molar-refractivity contribution in [1.82, 2.24) is 5.32 Å². The standard InChI is InChI=1S/C20H30ClNO4/c1-9-11(5-16(24)12-6-17(25)22-19(12)26)18-10(2)14(21)8-20(3,4)13(18)7-15(9)23/h10-16,18,23-24H,1,5-8H2,2-4H3,(H,22,25,26)/t10-,11?,12?,13?,14?,15?,16?,18?/m0/s1. The van der Waals surface area contributed by atoms with Gasteiger partial charge in [-0.25, -0.2) is 0 Å². The van der Waals surface area contributed by atoms with Crippen molar-refractivity contribution in [1.29, 1.82) is 0 Å². The molecule has 3 rings (SSSR count). The largest absolute Gasteiger partial charge is 0.392 e. The van der Waals surface area contributed by atoms with Crippen LogP contribution < -0.4 is 5.32 Å². The molecule has 6 heteroatoms. The first-order chi connectivity index (χ1) is 12.0. The van der Waals surface area contributed by atoms with Gasteiger partial charge in [-0.3, -0.25) is 14.9 Å². The van der Waals surface area contributed by atoms with Gasteiger partial charge in [-0.2, -0.15) is 0 Å². The zero-order valence-electron chi connectivity index (χ0n) is 15.7. The lowest BCUT2D eigenvalue weighted by Crippen LogP contribution is -2.53. The van der Waals surface area contributed by atoms with Gasteiger partial charge in [-0.05, 0) is 53.9 Å². The number of hydrogen-bond donors (Lipinski definition) is 3. The van der Waals surface area contributed by atoms with Crippen LogP contribution in [0.25, 0.3) is 0 Å². The number of rotatable bonds is 3. The van der Waals surface area contributed by atoms with E-state index in [2.05, 4.69) is 32.7 Å². The van der Waals surface area contributed by atoms with Crippen LogP contribution in [0.5, 0.6) is 0 Å². The van der Waals surface area contributed by atoms with E-state index in [4.69, 9.17) is 11.6 Å². The fraction of sp³-hybridized carbons (Fsp3) is 0.800. The van der Waals surface area contributed by atoms with Gasteiger partial charge in [0.05, 0.1) is 18.1 Å². The number of hydrogen-bond acceptors (Lipinski definition) is 4. The SMILES string of the molecule is C=C1C(O)CC2C(C1CC(O)C1CC(=O)NC1=O)[C@@H](C)C(Cl)CC2(C)C. The average molecular weight is 384 g/mol. The third-order valence-electron chi connectivity index (χ3n) is 7.18. The molecule has 3 fully saturated rings. The molecule has 2 saturated carbocycles. The molecule has 26 heavy (non-hydrogen) atoms. The van der Waals surface area contributed by atoms with E-state index < -0.39 is 24.0 Å². The third kappa shape index (κ3) is 3.34. The first-order valence-corrected chi connectivity index (χ1v) is 9.99. The van der Waals surface area contributed by atoms with E-state index in [0.29, 0.717) is 12.8 Å². The Hall–Kier alpha value is -0.910. The summed E-state index contributed by atoms with van der Waals surface area (Å²) < 4.78 is 0. The predicted molar refractivity (Wildman–Crippen MR) is 99.3 cm³/mol. The number of carbonyl (C=O) groups excluding carboxylic acids is 2. The van der Waals surface area contributed by atoms with Crippen LogP contribution in [0.1, 0.15) is 46.5 Å². The average Bonchev–Trinajstić information content (AvgIpc) is 2.87. The van der Waals surface area contributed by atoms with Gasteiger partial charge >= 0.3 is 0 Å². The minimum Gasteiger partial charge on any atom is -0.392 e. The Labute approximate surface area is 160 Å². The first-order valence-electron chi connectivity index (χ1n) is 9.55. The highest BCUT2D eigenvalue weighted by atomic mass is 35.5. The Morgan fingerprint density at radius 1 is 1.38 bits per heavy atom. The molecule has 0 radical (unpaired) electrons. The summed E-state index contributed by atoms with van der Waals surface area (Å²) in [5.74, 6) is -0.864. The third-order valence-corrected chi connectivity index (χ3v) is 7.73. The fourth-order valence-electron chi connectivity index (χ4n) is 5.59. The zero-order valence-corrected chi connectivity index (χ0v) is 16.5. The van der Waals surface area contributed by atoms with E-state index in [1.807, 2.05) is 0 Å². The molecular formula is C20H30ClNO4. The summed E-state index contributed by atoms with van der Waals surface area (Å²) in [6.45, 7) is 10.7. The Bertz CT molecular complexity index is 619. The minimum atomic E-state index is -0.930. The molecule has 1 heterocycles. The summed E-state index contributed by atoms with van der Waals surface area (Å²) in [6.07, 6.45) is 0.372. The summed E-state index contributed by atoms with van der Waals surface area (Å²) in [6, 6.07) is 0. The molecule has 1 saturated heterocycles. The summed E-state index contributed by atoms with van der Waals surface area (Å²) in [4.78, 5) is 23.4. The summed E-state index contributed by atoms with van der Waals surface area (Å²) >= 11 is 6.66. The number of aliphatic hydroxyl groups excluding tert-OH is 2. The molecule has 8 atom stereocenters. The second-order valence-corrected chi connectivity index (χ2v) is 9.77. The van der Waals surface area contributed by atoms with Crippen LogP contribution >= 0.6 is 11.6 Å². The highest BCUT2D eigenvalue weighted by molar-refractivity contribution is 6.20. The van der Waals surface area contributed by atoms with Crippen molar-refractivity contribution in [3.05, 3.63) is 12.2 Å². The van der Waals surface area contributed by atoms with Crippen molar-refractivity contribution in [3.8, 4) is 0 Å². The van der Waals surface area contributed by atoms with E-state index in [1.54, 1.807) is 0 Å². The zero-order chi connectivity index (χ0) is 19.4. The number of halogens is 1. The van der Waals surface area contributed by atoms with Crippen LogP contribution in [0.2, 0.25) is 0 Å². The van der Waals surface area contributed by atoms with Gasteiger partial charge in [0, 0.05) is 11.8 Å². The number of aliphatic hydroxyl groups is 2. The van der Waals surface area contributed by atoms with Gasteiger partial charge in [0.25, 0.3) is 0 Å². The Morgan fingerprint density at radius 2 is 2.04 bits per heavy atom. The molecule has 3 aliphatic rings. The van der Waals surface area contributed by atoms with Crippen molar-refractivity contribution >= 4 is 23.4 Å². The van der Waals surface area contributed by atoms with Gasteiger partial charge in [0.1, 0.15) is 0 Å². The second-order valence-electron chi connectivity index (χ2n) is 9.21. The summed E-state index contributed by atoms with van der Waals surface area (Å²) in [7, 11) is 0. The lowest BCUT2D eigenvalue weighted by Gasteiger charge is -2.56. The second kappa shape index (κ2) is 6.92. The maximum absolute atomic E-state index is 11.9. The monoisotopic (exact) mass is 383 g/mol. The molecule has 5 nitrogen and oxygen atoms in total. The fourth-order valence-corrected chi connectivity index (χ4v) is 6.16. The topological polar surface area (TPSA) is 86.6 Å². The Morgan fingerprint density at radius 3 is 2.62 bits per heavy atom. The molecule has 0 aromatic carbocycles. The lowest BCUT2D eigenvalue weighted by molar-refractivity contribution is -0.127. The molecule has 146 valence electrons. The molecular weight excluding hydrogens is 354 g/mol. The van der Waals surface area contributed by atoms with Crippen LogP contribution in [0.4, 0.5) is 0 Å². The molecule has 2 amide bonds. The van der Waals surface area contributed by atoms with Crippen LogP contribution in [-0.2, 0) is 9.59 Å².